The number of amides is 2. The van der Waals surface area contributed by atoms with Gasteiger partial charge in [-0.05, 0) is 44.2 Å². The van der Waals surface area contributed by atoms with Crippen molar-refractivity contribution in [3.05, 3.63) is 47.1 Å². The van der Waals surface area contributed by atoms with Crippen LogP contribution < -0.4 is 20.8 Å². The number of halogens is 1. The standard InChI is InChI=1S/C23H26ClN5O3/c1-23(10-11-23)21(31)26-19-16(24)8-5-9-17(19)32-13-15-12-18(30)29-22(25-15)27-20(28-29)14-6-3-2-4-7-14/h2-3,5,8-9,12,14,22,25H,4,6-7,10-11,13H2,1H3,(H,26,31)(H,27,28). The third kappa shape index (κ3) is 4.07. The molecule has 0 aromatic heterocycles. The first-order valence-corrected chi connectivity index (χ1v) is 11.3. The van der Waals surface area contributed by atoms with Crippen LogP contribution in [-0.4, -0.2) is 35.6 Å². The van der Waals surface area contributed by atoms with Gasteiger partial charge in [-0.3, -0.25) is 15.0 Å². The fraction of sp³-hybridized carbons (Fsp3) is 0.435. The summed E-state index contributed by atoms with van der Waals surface area (Å²) in [5, 5.41) is 8.06. The Balaban J connectivity index is 1.26. The molecule has 32 heavy (non-hydrogen) atoms. The van der Waals surface area contributed by atoms with Gasteiger partial charge in [0.15, 0.2) is 0 Å². The summed E-state index contributed by atoms with van der Waals surface area (Å²) >= 11 is 6.33. The van der Waals surface area contributed by atoms with Gasteiger partial charge >= 0.3 is 0 Å². The Bertz CT molecular complexity index is 1050. The maximum atomic E-state index is 12.6. The molecule has 2 aliphatic heterocycles. The maximum absolute atomic E-state index is 12.6. The maximum Gasteiger partial charge on any atom is 0.270 e. The van der Waals surface area contributed by atoms with Crippen molar-refractivity contribution in [3.63, 3.8) is 0 Å². The van der Waals surface area contributed by atoms with E-state index in [2.05, 4.69) is 33.2 Å². The first-order valence-electron chi connectivity index (χ1n) is 11.0. The predicted octanol–water partition coefficient (Wildman–Crippen LogP) is 3.33. The van der Waals surface area contributed by atoms with Gasteiger partial charge in [0.25, 0.3) is 5.91 Å². The van der Waals surface area contributed by atoms with Gasteiger partial charge < -0.3 is 15.4 Å². The van der Waals surface area contributed by atoms with Gasteiger partial charge in [-0.2, -0.15) is 0 Å². The molecule has 8 nitrogen and oxygen atoms in total. The molecular weight excluding hydrogens is 430 g/mol. The van der Waals surface area contributed by atoms with Crippen molar-refractivity contribution < 1.29 is 14.3 Å². The number of benzene rings is 1. The van der Waals surface area contributed by atoms with E-state index in [1.54, 1.807) is 18.2 Å². The minimum atomic E-state index is -0.500. The van der Waals surface area contributed by atoms with Crippen LogP contribution in [0.5, 0.6) is 5.75 Å². The summed E-state index contributed by atoms with van der Waals surface area (Å²) in [6.45, 7) is 2.05. The van der Waals surface area contributed by atoms with Crippen LogP contribution in [0.2, 0.25) is 5.02 Å². The minimum absolute atomic E-state index is 0.0623. The van der Waals surface area contributed by atoms with E-state index in [0.29, 0.717) is 28.1 Å². The molecule has 3 N–H and O–H groups in total. The molecule has 0 spiro atoms. The van der Waals surface area contributed by atoms with Crippen molar-refractivity contribution in [2.45, 2.75) is 45.3 Å². The van der Waals surface area contributed by atoms with Crippen LogP contribution >= 0.6 is 11.6 Å². The van der Waals surface area contributed by atoms with Crippen LogP contribution in [-0.2, 0) is 9.59 Å². The fourth-order valence-electron chi connectivity index (χ4n) is 4.00. The molecule has 2 unspecified atom stereocenters. The molecule has 1 aromatic rings. The Labute approximate surface area is 191 Å². The lowest BCUT2D eigenvalue weighted by atomic mass is 9.93. The molecular formula is C23H26ClN5O3. The average Bonchev–Trinajstić information content (AvgIpc) is 3.39. The number of nitrogens with zero attached hydrogens (tertiary/aromatic N) is 2. The normalized spacial score (nSPS) is 25.2. The molecule has 5 rings (SSSR count). The fourth-order valence-corrected chi connectivity index (χ4v) is 4.22. The number of hydrazine groups is 1. The first-order chi connectivity index (χ1) is 15.4. The summed E-state index contributed by atoms with van der Waals surface area (Å²) in [5.74, 6) is 1.34. The molecule has 2 amide bonds. The van der Waals surface area contributed by atoms with E-state index in [1.807, 2.05) is 6.92 Å². The SMILES string of the molecule is CC1(C(=O)Nc2c(Cl)cccc2OCC2=CC(=O)N3NC(C4CC=CCC4)=NC3N2)CC1. The van der Waals surface area contributed by atoms with Gasteiger partial charge in [-0.25, -0.2) is 10.0 Å². The molecule has 2 atom stereocenters. The van der Waals surface area contributed by atoms with Gasteiger partial charge in [0.1, 0.15) is 23.9 Å². The number of amidine groups is 1. The molecule has 0 bridgehead atoms. The number of hydrogen-bond donors (Lipinski definition) is 3. The van der Waals surface area contributed by atoms with Crippen LogP contribution in [0.4, 0.5) is 5.69 Å². The second-order valence-corrected chi connectivity index (χ2v) is 9.33. The van der Waals surface area contributed by atoms with Crippen LogP contribution in [0.1, 0.15) is 39.0 Å². The van der Waals surface area contributed by atoms with Crippen LogP contribution in [0.15, 0.2) is 47.1 Å². The average molecular weight is 456 g/mol. The van der Waals surface area contributed by atoms with Gasteiger partial charge in [0, 0.05) is 17.4 Å². The molecule has 2 heterocycles. The van der Waals surface area contributed by atoms with E-state index in [9.17, 15) is 9.59 Å². The zero-order valence-corrected chi connectivity index (χ0v) is 18.6. The molecule has 9 heteroatoms. The zero-order chi connectivity index (χ0) is 22.3. The molecule has 4 aliphatic rings. The largest absolute Gasteiger partial charge is 0.485 e. The molecule has 0 radical (unpaired) electrons. The predicted molar refractivity (Wildman–Crippen MR) is 122 cm³/mol. The number of hydrogen-bond acceptors (Lipinski definition) is 6. The quantitative estimate of drug-likeness (QED) is 0.572. The van der Waals surface area contributed by atoms with E-state index >= 15 is 0 Å². The Morgan fingerprint density at radius 3 is 2.97 bits per heavy atom. The smallest absolute Gasteiger partial charge is 0.270 e. The number of aliphatic imine (C=N–C) groups is 1. The number of anilines is 1. The number of para-hydroxylation sites is 1. The van der Waals surface area contributed by atoms with Crippen molar-refractivity contribution in [1.29, 1.82) is 0 Å². The second kappa shape index (κ2) is 8.16. The lowest BCUT2D eigenvalue weighted by molar-refractivity contribution is -0.131. The highest BCUT2D eigenvalue weighted by molar-refractivity contribution is 6.34. The molecule has 0 saturated heterocycles. The zero-order valence-electron chi connectivity index (χ0n) is 17.9. The van der Waals surface area contributed by atoms with E-state index in [-0.39, 0.29) is 23.8 Å². The van der Waals surface area contributed by atoms with Gasteiger partial charge in [-0.1, -0.05) is 36.7 Å². The van der Waals surface area contributed by atoms with E-state index in [1.165, 1.54) is 11.1 Å². The third-order valence-corrected chi connectivity index (χ3v) is 6.71. The highest BCUT2D eigenvalue weighted by Gasteiger charge is 2.45. The van der Waals surface area contributed by atoms with Gasteiger partial charge in [0.2, 0.25) is 12.2 Å². The number of carbonyl (C=O) groups is 2. The second-order valence-electron chi connectivity index (χ2n) is 8.92. The summed E-state index contributed by atoms with van der Waals surface area (Å²) in [4.78, 5) is 29.8. The lowest BCUT2D eigenvalue weighted by Crippen LogP contribution is -2.54. The molecule has 1 saturated carbocycles. The molecule has 1 fully saturated rings. The van der Waals surface area contributed by atoms with Crippen LogP contribution in [0.3, 0.4) is 0 Å². The Morgan fingerprint density at radius 2 is 2.22 bits per heavy atom. The molecule has 168 valence electrons. The van der Waals surface area contributed by atoms with Crippen molar-refractivity contribution in [3.8, 4) is 5.75 Å². The molecule has 2 aliphatic carbocycles. The summed E-state index contributed by atoms with van der Waals surface area (Å²) < 4.78 is 5.95. The lowest BCUT2D eigenvalue weighted by Gasteiger charge is -2.29. The summed E-state index contributed by atoms with van der Waals surface area (Å²) in [6, 6.07) is 5.22. The van der Waals surface area contributed by atoms with E-state index < -0.39 is 6.29 Å². The summed E-state index contributed by atoms with van der Waals surface area (Å²) in [5.41, 5.74) is 3.88. The van der Waals surface area contributed by atoms with Crippen LogP contribution in [0, 0.1) is 11.3 Å². The number of allylic oxidation sites excluding steroid dienone is 2. The highest BCUT2D eigenvalue weighted by atomic mass is 35.5. The highest BCUT2D eigenvalue weighted by Crippen LogP contribution is 2.46. The molecule has 1 aromatic carbocycles. The first kappa shape index (κ1) is 20.9. The number of carbonyl (C=O) groups excluding carboxylic acids is 2. The minimum Gasteiger partial charge on any atom is -0.485 e. The van der Waals surface area contributed by atoms with Crippen molar-refractivity contribution in [1.82, 2.24) is 15.8 Å². The number of nitrogens with one attached hydrogen (secondary N) is 3. The number of ether oxygens (including phenoxy) is 1. The summed E-state index contributed by atoms with van der Waals surface area (Å²) in [6.07, 6.45) is 10.0. The monoisotopic (exact) mass is 455 g/mol. The summed E-state index contributed by atoms with van der Waals surface area (Å²) in [7, 11) is 0. The van der Waals surface area contributed by atoms with Crippen molar-refractivity contribution in [2.24, 2.45) is 16.3 Å². The van der Waals surface area contributed by atoms with Crippen molar-refractivity contribution >= 4 is 34.9 Å². The Hall–Kier alpha value is -3.00. The number of fused-ring (bicyclic) bond motifs is 1. The van der Waals surface area contributed by atoms with Gasteiger partial charge in [-0.15, -0.1) is 0 Å². The van der Waals surface area contributed by atoms with Crippen LogP contribution in [0.25, 0.3) is 0 Å². The van der Waals surface area contributed by atoms with E-state index in [0.717, 1.165) is 37.9 Å². The van der Waals surface area contributed by atoms with Gasteiger partial charge in [0.05, 0.1) is 10.7 Å². The number of rotatable bonds is 6. The Morgan fingerprint density at radius 1 is 1.38 bits per heavy atom. The van der Waals surface area contributed by atoms with Crippen molar-refractivity contribution in [2.75, 3.05) is 11.9 Å². The third-order valence-electron chi connectivity index (χ3n) is 6.39. The Kier molecular flexibility index (Phi) is 5.33. The topological polar surface area (TPSA) is 95.1 Å². The van der Waals surface area contributed by atoms with E-state index in [4.69, 9.17) is 16.3 Å².